The lowest BCUT2D eigenvalue weighted by Crippen LogP contribution is -2.47. The van der Waals surface area contributed by atoms with E-state index < -0.39 is 17.1 Å². The molecule has 1 aromatic rings. The number of amides is 2. The summed E-state index contributed by atoms with van der Waals surface area (Å²) in [5.74, 6) is -3.65. The number of thioether (sulfide) groups is 1. The summed E-state index contributed by atoms with van der Waals surface area (Å²) in [5, 5.41) is 10.8. The first-order valence-corrected chi connectivity index (χ1v) is 10.4. The van der Waals surface area contributed by atoms with Crippen molar-refractivity contribution in [3.63, 3.8) is 0 Å². The molecule has 0 aromatic heterocycles. The highest BCUT2D eigenvalue weighted by atomic mass is 35.5. The first-order valence-electron chi connectivity index (χ1n) is 9.24. The number of nitrogens with zero attached hydrogens (tertiary/aromatic N) is 2. The number of alkyl halides is 2. The average molecular weight is 446 g/mol. The Morgan fingerprint density at radius 2 is 1.97 bits per heavy atom. The number of halogens is 3. The number of anilines is 1. The molecule has 0 bridgehead atoms. The number of hydrogen-bond donors (Lipinski definition) is 2. The van der Waals surface area contributed by atoms with E-state index in [9.17, 15) is 18.4 Å². The zero-order valence-corrected chi connectivity index (χ0v) is 17.5. The zero-order valence-electron chi connectivity index (χ0n) is 15.9. The summed E-state index contributed by atoms with van der Waals surface area (Å²) >= 11 is 7.15. The van der Waals surface area contributed by atoms with Crippen LogP contribution in [0.15, 0.2) is 17.0 Å². The molecule has 0 unspecified atom stereocenters. The minimum absolute atomic E-state index is 0.134. The number of hydrogen-bond acceptors (Lipinski definition) is 6. The molecule has 2 saturated heterocycles. The van der Waals surface area contributed by atoms with Crippen LogP contribution < -0.4 is 10.2 Å². The largest absolute Gasteiger partial charge is 0.396 e. The molecule has 0 atom stereocenters. The van der Waals surface area contributed by atoms with Gasteiger partial charge < -0.3 is 10.0 Å². The lowest BCUT2D eigenvalue weighted by atomic mass is 10.0. The van der Waals surface area contributed by atoms with Crippen molar-refractivity contribution in [3.05, 3.63) is 33.2 Å². The minimum Gasteiger partial charge on any atom is -0.396 e. The number of carbonyl (C=O) groups excluding carboxylic acids is 2. The Kier molecular flexibility index (Phi) is 6.83. The number of carbonyl (C=O) groups is 2. The third-order valence-corrected chi connectivity index (χ3v) is 5.95. The molecule has 0 aliphatic carbocycles. The molecule has 29 heavy (non-hydrogen) atoms. The van der Waals surface area contributed by atoms with Gasteiger partial charge in [-0.1, -0.05) is 11.6 Å². The fraction of sp³-hybridized carbons (Fsp3) is 0.474. The summed E-state index contributed by atoms with van der Waals surface area (Å²) in [6.07, 6.45) is 2.14. The molecule has 2 aliphatic heterocycles. The van der Waals surface area contributed by atoms with E-state index in [4.69, 9.17) is 16.7 Å². The van der Waals surface area contributed by atoms with Gasteiger partial charge in [-0.15, -0.1) is 0 Å². The number of piperazine rings is 1. The van der Waals surface area contributed by atoms with Crippen molar-refractivity contribution in [1.82, 2.24) is 10.2 Å². The highest BCUT2D eigenvalue weighted by molar-refractivity contribution is 8.18. The lowest BCUT2D eigenvalue weighted by Gasteiger charge is -2.37. The van der Waals surface area contributed by atoms with Crippen LogP contribution in [0.1, 0.15) is 24.5 Å². The Morgan fingerprint density at radius 3 is 2.52 bits per heavy atom. The van der Waals surface area contributed by atoms with Crippen LogP contribution in [0.2, 0.25) is 5.02 Å². The molecule has 2 amide bonds. The number of nitrogens with one attached hydrogen (secondary N) is 1. The van der Waals surface area contributed by atoms with Crippen molar-refractivity contribution in [2.24, 2.45) is 0 Å². The molecule has 2 heterocycles. The maximum absolute atomic E-state index is 14.0. The smallest absolute Gasteiger partial charge is 0.290 e. The number of rotatable bonds is 6. The molecule has 2 aliphatic rings. The van der Waals surface area contributed by atoms with Crippen LogP contribution in [0, 0.1) is 0 Å². The van der Waals surface area contributed by atoms with Crippen LogP contribution in [-0.2, 0) is 10.7 Å². The topological polar surface area (TPSA) is 72.9 Å². The van der Waals surface area contributed by atoms with Crippen molar-refractivity contribution in [1.29, 1.82) is 0 Å². The maximum atomic E-state index is 14.0. The third kappa shape index (κ3) is 5.28. The average Bonchev–Trinajstić information content (AvgIpc) is 2.96. The summed E-state index contributed by atoms with van der Waals surface area (Å²) < 4.78 is 27.9. The van der Waals surface area contributed by atoms with Gasteiger partial charge >= 0.3 is 0 Å². The number of aliphatic hydroxyl groups excluding tert-OH is 1. The molecule has 158 valence electrons. The van der Waals surface area contributed by atoms with E-state index in [1.165, 1.54) is 18.2 Å². The summed E-state index contributed by atoms with van der Waals surface area (Å²) in [7, 11) is 0. The predicted octanol–water partition coefficient (Wildman–Crippen LogP) is 3.28. The summed E-state index contributed by atoms with van der Waals surface area (Å²) in [6, 6.07) is 2.58. The predicted molar refractivity (Wildman–Crippen MR) is 110 cm³/mol. The van der Waals surface area contributed by atoms with Crippen LogP contribution in [0.25, 0.3) is 6.08 Å². The number of benzene rings is 1. The van der Waals surface area contributed by atoms with E-state index in [0.717, 1.165) is 38.3 Å². The van der Waals surface area contributed by atoms with Gasteiger partial charge in [0, 0.05) is 57.4 Å². The maximum Gasteiger partial charge on any atom is 0.290 e. The molecule has 0 radical (unpaired) electrons. The van der Waals surface area contributed by atoms with Gasteiger partial charge in [0.1, 0.15) is 0 Å². The Labute approximate surface area is 176 Å². The number of aliphatic hydroxyl groups is 1. The quantitative estimate of drug-likeness (QED) is 0.655. The second kappa shape index (κ2) is 8.99. The van der Waals surface area contributed by atoms with Crippen LogP contribution in [0.4, 0.5) is 19.3 Å². The molecule has 0 saturated carbocycles. The normalized spacial score (nSPS) is 19.9. The molecule has 0 spiro atoms. The molecule has 3 rings (SSSR count). The third-order valence-electron chi connectivity index (χ3n) is 4.85. The molecular formula is C19H22ClF2N3O3S. The van der Waals surface area contributed by atoms with Gasteiger partial charge in [-0.3, -0.25) is 19.8 Å². The second-order valence-electron chi connectivity index (χ2n) is 7.04. The Bertz CT molecular complexity index is 837. The van der Waals surface area contributed by atoms with Gasteiger partial charge in [-0.05, 0) is 36.4 Å². The van der Waals surface area contributed by atoms with Gasteiger partial charge in [-0.2, -0.15) is 0 Å². The fourth-order valence-corrected chi connectivity index (χ4v) is 4.39. The molecule has 6 nitrogen and oxygen atoms in total. The van der Waals surface area contributed by atoms with E-state index >= 15 is 0 Å². The Hall–Kier alpha value is -1.68. The molecule has 10 heteroatoms. The van der Waals surface area contributed by atoms with Crippen molar-refractivity contribution in [3.8, 4) is 0 Å². The Morgan fingerprint density at radius 1 is 1.28 bits per heavy atom. The molecule has 1 aromatic carbocycles. The SMILES string of the molecule is CC(F)(F)c1cc(Cl)c(N2CCN(CCCO)CC2)c(/C=C2\SC(=O)NC2=O)c1. The fourth-order valence-electron chi connectivity index (χ4n) is 3.37. The molecule has 2 fully saturated rings. The van der Waals surface area contributed by atoms with E-state index in [1.54, 1.807) is 0 Å². The monoisotopic (exact) mass is 445 g/mol. The zero-order chi connectivity index (χ0) is 21.2. The van der Waals surface area contributed by atoms with E-state index in [-0.39, 0.29) is 22.1 Å². The van der Waals surface area contributed by atoms with Gasteiger partial charge in [0.25, 0.3) is 17.1 Å². The van der Waals surface area contributed by atoms with Crippen LogP contribution in [-0.4, -0.2) is 60.5 Å². The van der Waals surface area contributed by atoms with Crippen molar-refractivity contribution in [2.45, 2.75) is 19.3 Å². The van der Waals surface area contributed by atoms with Crippen LogP contribution >= 0.6 is 23.4 Å². The summed E-state index contributed by atoms with van der Waals surface area (Å²) in [4.78, 5) is 27.8. The summed E-state index contributed by atoms with van der Waals surface area (Å²) in [6.45, 7) is 4.44. The first kappa shape index (κ1) is 22.0. The molecular weight excluding hydrogens is 424 g/mol. The van der Waals surface area contributed by atoms with Gasteiger partial charge in [0.2, 0.25) is 0 Å². The lowest BCUT2D eigenvalue weighted by molar-refractivity contribution is -0.115. The van der Waals surface area contributed by atoms with Gasteiger partial charge in [-0.25, -0.2) is 8.78 Å². The van der Waals surface area contributed by atoms with Crippen molar-refractivity contribution >= 4 is 46.3 Å². The van der Waals surface area contributed by atoms with Crippen molar-refractivity contribution < 1.29 is 23.5 Å². The van der Waals surface area contributed by atoms with Gasteiger partial charge in [0.05, 0.1) is 15.6 Å². The highest BCUT2D eigenvalue weighted by Crippen LogP contribution is 2.39. The standard InChI is InChI=1S/C19H22ClF2N3O3S/c1-19(21,22)13-9-12(10-15-17(27)23-18(28)29-15)16(14(20)11-13)25-6-4-24(5-7-25)3-2-8-26/h9-11,26H,2-8H2,1H3,(H,23,27,28)/b15-10-. The second-order valence-corrected chi connectivity index (χ2v) is 8.46. The summed E-state index contributed by atoms with van der Waals surface area (Å²) in [5.41, 5.74) is 0.696. The van der Waals surface area contributed by atoms with E-state index in [0.29, 0.717) is 30.8 Å². The highest BCUT2D eigenvalue weighted by Gasteiger charge is 2.30. The van der Waals surface area contributed by atoms with E-state index in [2.05, 4.69) is 10.2 Å². The Balaban J connectivity index is 1.95. The van der Waals surface area contributed by atoms with E-state index in [1.807, 2.05) is 4.90 Å². The first-order chi connectivity index (χ1) is 13.7. The molecule has 2 N–H and O–H groups in total. The van der Waals surface area contributed by atoms with Gasteiger partial charge in [0.15, 0.2) is 0 Å². The van der Waals surface area contributed by atoms with Crippen LogP contribution in [0.3, 0.4) is 0 Å². The number of imide groups is 1. The van der Waals surface area contributed by atoms with Crippen LogP contribution in [0.5, 0.6) is 0 Å². The minimum atomic E-state index is -3.10. The van der Waals surface area contributed by atoms with Crippen molar-refractivity contribution in [2.75, 3.05) is 44.2 Å².